The molecular weight excluding hydrogens is 114 g/mol. The van der Waals surface area contributed by atoms with Crippen LogP contribution in [0.3, 0.4) is 0 Å². The number of amides is 1. The van der Waals surface area contributed by atoms with Gasteiger partial charge >= 0.3 is 0 Å². The molecule has 1 fully saturated rings. The van der Waals surface area contributed by atoms with Crippen molar-refractivity contribution in [2.24, 2.45) is 0 Å². The molecule has 0 spiro atoms. The first-order chi connectivity index (χ1) is 4.08. The van der Waals surface area contributed by atoms with Gasteiger partial charge in [0.25, 0.3) is 0 Å². The minimum absolute atomic E-state index is 0.0266. The molecule has 50 valence electrons. The van der Waals surface area contributed by atoms with Crippen molar-refractivity contribution in [2.75, 3.05) is 0 Å². The standard InChI is InChI=1S/C7H11NO/c1-4-8-6(9)5-7(8,2)3/h4H,1,5H2,2-3H3. The highest BCUT2D eigenvalue weighted by atomic mass is 16.2. The van der Waals surface area contributed by atoms with Crippen molar-refractivity contribution in [1.82, 2.24) is 4.90 Å². The van der Waals surface area contributed by atoms with E-state index >= 15 is 0 Å². The fraction of sp³-hybridized carbons (Fsp3) is 0.571. The molecule has 0 atom stereocenters. The smallest absolute Gasteiger partial charge is 0.229 e. The SMILES string of the molecule is C=CN1C(=O)CC1(C)C. The summed E-state index contributed by atoms with van der Waals surface area (Å²) in [6.07, 6.45) is 2.24. The maximum atomic E-state index is 10.7. The number of carbonyl (C=O) groups is 1. The summed E-state index contributed by atoms with van der Waals surface area (Å²) in [5.41, 5.74) is 0.0266. The number of likely N-dealkylation sites (tertiary alicyclic amines) is 1. The molecule has 1 saturated heterocycles. The predicted octanol–water partition coefficient (Wildman–Crippen LogP) is 1.14. The van der Waals surface area contributed by atoms with Crippen LogP contribution in [0.25, 0.3) is 0 Å². The average molecular weight is 125 g/mol. The summed E-state index contributed by atoms with van der Waals surface area (Å²) < 4.78 is 0. The number of nitrogens with zero attached hydrogens (tertiary/aromatic N) is 1. The van der Waals surface area contributed by atoms with Crippen LogP contribution in [0.5, 0.6) is 0 Å². The average Bonchev–Trinajstić information content (AvgIpc) is 1.63. The van der Waals surface area contributed by atoms with Gasteiger partial charge in [0.05, 0.1) is 12.0 Å². The van der Waals surface area contributed by atoms with Crippen molar-refractivity contribution in [3.8, 4) is 0 Å². The molecule has 0 aromatic carbocycles. The van der Waals surface area contributed by atoms with E-state index in [1.165, 1.54) is 0 Å². The summed E-state index contributed by atoms with van der Waals surface area (Å²) in [6, 6.07) is 0. The normalized spacial score (nSPS) is 23.3. The lowest BCUT2D eigenvalue weighted by atomic mass is 9.89. The Morgan fingerprint density at radius 3 is 2.44 bits per heavy atom. The van der Waals surface area contributed by atoms with Crippen LogP contribution in [-0.2, 0) is 4.79 Å². The van der Waals surface area contributed by atoms with Gasteiger partial charge in [-0.3, -0.25) is 4.79 Å². The van der Waals surface area contributed by atoms with E-state index in [4.69, 9.17) is 0 Å². The van der Waals surface area contributed by atoms with Crippen LogP contribution in [0.15, 0.2) is 12.8 Å². The van der Waals surface area contributed by atoms with Crippen LogP contribution in [0.2, 0.25) is 0 Å². The highest BCUT2D eigenvalue weighted by molar-refractivity contribution is 5.85. The van der Waals surface area contributed by atoms with Crippen molar-refractivity contribution < 1.29 is 4.79 Å². The third-order valence-electron chi connectivity index (χ3n) is 1.69. The molecule has 1 aliphatic rings. The molecule has 0 aliphatic carbocycles. The van der Waals surface area contributed by atoms with E-state index in [0.717, 1.165) is 0 Å². The van der Waals surface area contributed by atoms with Crippen molar-refractivity contribution in [3.05, 3.63) is 12.8 Å². The molecule has 1 amide bonds. The Morgan fingerprint density at radius 2 is 2.33 bits per heavy atom. The van der Waals surface area contributed by atoms with E-state index in [1.54, 1.807) is 11.1 Å². The van der Waals surface area contributed by atoms with Crippen LogP contribution in [0.1, 0.15) is 20.3 Å². The monoisotopic (exact) mass is 125 g/mol. The molecule has 0 aromatic heterocycles. The van der Waals surface area contributed by atoms with Gasteiger partial charge < -0.3 is 4.90 Å². The van der Waals surface area contributed by atoms with Crippen LogP contribution in [0, 0.1) is 0 Å². The minimum atomic E-state index is 0.0266. The van der Waals surface area contributed by atoms with Gasteiger partial charge in [-0.05, 0) is 13.8 Å². The van der Waals surface area contributed by atoms with Gasteiger partial charge in [-0.2, -0.15) is 0 Å². The number of carbonyl (C=O) groups excluding carboxylic acids is 1. The number of hydrogen-bond acceptors (Lipinski definition) is 1. The summed E-state index contributed by atoms with van der Waals surface area (Å²) >= 11 is 0. The molecule has 1 heterocycles. The van der Waals surface area contributed by atoms with Crippen molar-refractivity contribution in [2.45, 2.75) is 25.8 Å². The molecule has 0 aromatic rings. The Labute approximate surface area is 55.2 Å². The lowest BCUT2D eigenvalue weighted by Crippen LogP contribution is -2.56. The van der Waals surface area contributed by atoms with Crippen LogP contribution in [-0.4, -0.2) is 16.3 Å². The summed E-state index contributed by atoms with van der Waals surface area (Å²) in [7, 11) is 0. The second-order valence-electron chi connectivity index (χ2n) is 2.94. The minimum Gasteiger partial charge on any atom is -0.314 e. The molecule has 1 rings (SSSR count). The second kappa shape index (κ2) is 1.59. The van der Waals surface area contributed by atoms with E-state index in [-0.39, 0.29) is 11.4 Å². The lowest BCUT2D eigenvalue weighted by Gasteiger charge is -2.45. The molecule has 0 N–H and O–H groups in total. The van der Waals surface area contributed by atoms with E-state index in [2.05, 4.69) is 6.58 Å². The largest absolute Gasteiger partial charge is 0.314 e. The van der Waals surface area contributed by atoms with Gasteiger partial charge in [0.15, 0.2) is 0 Å². The Kier molecular flexibility index (Phi) is 1.12. The van der Waals surface area contributed by atoms with Crippen molar-refractivity contribution >= 4 is 5.91 Å². The first kappa shape index (κ1) is 6.33. The van der Waals surface area contributed by atoms with E-state index in [0.29, 0.717) is 6.42 Å². The molecule has 0 bridgehead atoms. The highest BCUT2D eigenvalue weighted by Gasteiger charge is 2.41. The van der Waals surface area contributed by atoms with E-state index < -0.39 is 0 Å². The van der Waals surface area contributed by atoms with Crippen LogP contribution < -0.4 is 0 Å². The van der Waals surface area contributed by atoms with Crippen molar-refractivity contribution in [1.29, 1.82) is 0 Å². The van der Waals surface area contributed by atoms with Gasteiger partial charge in [0, 0.05) is 6.20 Å². The predicted molar refractivity (Wildman–Crippen MR) is 35.7 cm³/mol. The maximum absolute atomic E-state index is 10.7. The molecular formula is C7H11NO. The van der Waals surface area contributed by atoms with Crippen LogP contribution >= 0.6 is 0 Å². The number of β-lactam (4-membered cyclic amide) rings is 1. The lowest BCUT2D eigenvalue weighted by molar-refractivity contribution is -0.147. The summed E-state index contributed by atoms with van der Waals surface area (Å²) in [5.74, 6) is 0.176. The third kappa shape index (κ3) is 0.745. The number of rotatable bonds is 1. The fourth-order valence-electron chi connectivity index (χ4n) is 1.14. The molecule has 1 aliphatic heterocycles. The van der Waals surface area contributed by atoms with E-state index in [9.17, 15) is 4.79 Å². The second-order valence-corrected chi connectivity index (χ2v) is 2.94. The topological polar surface area (TPSA) is 20.3 Å². The Bertz CT molecular complexity index is 160. The fourth-order valence-corrected chi connectivity index (χ4v) is 1.14. The molecule has 2 nitrogen and oxygen atoms in total. The summed E-state index contributed by atoms with van der Waals surface area (Å²) in [4.78, 5) is 12.4. The van der Waals surface area contributed by atoms with Gasteiger partial charge in [-0.1, -0.05) is 6.58 Å². The molecule has 0 unspecified atom stereocenters. The molecule has 0 radical (unpaired) electrons. The van der Waals surface area contributed by atoms with Gasteiger partial charge in [0.2, 0.25) is 5.91 Å². The Balaban J connectivity index is 2.68. The summed E-state index contributed by atoms with van der Waals surface area (Å²) in [6.45, 7) is 7.58. The maximum Gasteiger partial charge on any atom is 0.229 e. The quantitative estimate of drug-likeness (QED) is 0.481. The van der Waals surface area contributed by atoms with Gasteiger partial charge in [-0.15, -0.1) is 0 Å². The van der Waals surface area contributed by atoms with Crippen LogP contribution in [0.4, 0.5) is 0 Å². The molecule has 9 heavy (non-hydrogen) atoms. The zero-order valence-corrected chi connectivity index (χ0v) is 5.85. The van der Waals surface area contributed by atoms with Gasteiger partial charge in [-0.25, -0.2) is 0 Å². The zero-order valence-electron chi connectivity index (χ0n) is 5.85. The molecule has 0 saturated carbocycles. The first-order valence-corrected chi connectivity index (χ1v) is 3.02. The van der Waals surface area contributed by atoms with E-state index in [1.807, 2.05) is 13.8 Å². The Morgan fingerprint density at radius 1 is 1.78 bits per heavy atom. The van der Waals surface area contributed by atoms with Crippen molar-refractivity contribution in [3.63, 3.8) is 0 Å². The Hall–Kier alpha value is -0.790. The highest BCUT2D eigenvalue weighted by Crippen LogP contribution is 2.30. The number of hydrogen-bond donors (Lipinski definition) is 0. The van der Waals surface area contributed by atoms with Gasteiger partial charge in [0.1, 0.15) is 0 Å². The molecule has 2 heteroatoms. The summed E-state index contributed by atoms with van der Waals surface area (Å²) in [5, 5.41) is 0. The first-order valence-electron chi connectivity index (χ1n) is 3.02. The zero-order chi connectivity index (χ0) is 7.07. The third-order valence-corrected chi connectivity index (χ3v) is 1.69.